The Bertz CT molecular complexity index is 336. The molecule has 6 nitrogen and oxygen atoms in total. The zero-order valence-corrected chi connectivity index (χ0v) is 20.8. The summed E-state index contributed by atoms with van der Waals surface area (Å²) >= 11 is 0. The molecule has 8 heteroatoms. The van der Waals surface area contributed by atoms with Crippen LogP contribution in [0.5, 0.6) is 0 Å². The first kappa shape index (κ1) is 27.2. The van der Waals surface area contributed by atoms with Crippen molar-refractivity contribution in [1.29, 1.82) is 0 Å². The van der Waals surface area contributed by atoms with E-state index in [4.69, 9.17) is 29.2 Å². The van der Waals surface area contributed by atoms with E-state index in [1.165, 1.54) is 0 Å². The third kappa shape index (κ3) is 11.7. The van der Waals surface area contributed by atoms with Gasteiger partial charge in [0.05, 0.1) is 0 Å². The number of hydrogen-bond acceptors (Lipinski definition) is 6. The highest BCUT2D eigenvalue weighted by Crippen LogP contribution is 2.28. The SMILES string of the molecule is CCO[Si](C)(CCCC(N)(CCN)CCC[Si](C)(OCC)OCC)OCC. The Morgan fingerprint density at radius 2 is 1.00 bits per heavy atom. The Hall–Kier alpha value is 0.194. The van der Waals surface area contributed by atoms with Crippen molar-refractivity contribution in [3.8, 4) is 0 Å². The van der Waals surface area contributed by atoms with E-state index in [0.29, 0.717) is 33.0 Å². The fourth-order valence-electron chi connectivity index (χ4n) is 3.78. The molecule has 0 heterocycles. The van der Waals surface area contributed by atoms with Crippen molar-refractivity contribution >= 4 is 17.1 Å². The van der Waals surface area contributed by atoms with E-state index in [-0.39, 0.29) is 5.54 Å². The lowest BCUT2D eigenvalue weighted by Crippen LogP contribution is -2.44. The Labute approximate surface area is 170 Å². The van der Waals surface area contributed by atoms with Gasteiger partial charge in [-0.1, -0.05) is 0 Å². The second-order valence-corrected chi connectivity index (χ2v) is 14.3. The van der Waals surface area contributed by atoms with Gasteiger partial charge in [-0.25, -0.2) is 0 Å². The summed E-state index contributed by atoms with van der Waals surface area (Å²) in [6.45, 7) is 15.9. The zero-order valence-electron chi connectivity index (χ0n) is 18.8. The van der Waals surface area contributed by atoms with Gasteiger partial charge in [0.1, 0.15) is 0 Å². The minimum atomic E-state index is -2.07. The fourth-order valence-corrected chi connectivity index (χ4v) is 8.60. The molecular formula is C19H46N2O4Si2. The molecule has 0 bridgehead atoms. The van der Waals surface area contributed by atoms with Crippen molar-refractivity contribution in [1.82, 2.24) is 0 Å². The van der Waals surface area contributed by atoms with Crippen LogP contribution < -0.4 is 11.5 Å². The van der Waals surface area contributed by atoms with Crippen LogP contribution in [0.3, 0.4) is 0 Å². The van der Waals surface area contributed by atoms with Gasteiger partial charge in [0.15, 0.2) is 0 Å². The summed E-state index contributed by atoms with van der Waals surface area (Å²) < 4.78 is 23.8. The van der Waals surface area contributed by atoms with Gasteiger partial charge >= 0.3 is 17.1 Å². The van der Waals surface area contributed by atoms with Gasteiger partial charge in [0, 0.05) is 32.0 Å². The molecule has 0 unspecified atom stereocenters. The van der Waals surface area contributed by atoms with Crippen LogP contribution in [-0.4, -0.2) is 55.6 Å². The van der Waals surface area contributed by atoms with Gasteiger partial charge in [0.25, 0.3) is 0 Å². The third-order valence-electron chi connectivity index (χ3n) is 5.05. The molecule has 164 valence electrons. The predicted octanol–water partition coefficient (Wildman–Crippen LogP) is 3.88. The Morgan fingerprint density at radius 1 is 0.667 bits per heavy atom. The van der Waals surface area contributed by atoms with Gasteiger partial charge in [0.2, 0.25) is 0 Å². The van der Waals surface area contributed by atoms with E-state index in [2.05, 4.69) is 13.1 Å². The summed E-state index contributed by atoms with van der Waals surface area (Å²) in [5.41, 5.74) is 12.4. The van der Waals surface area contributed by atoms with Crippen molar-refractivity contribution in [3.63, 3.8) is 0 Å². The normalized spacial score (nSPS) is 13.3. The summed E-state index contributed by atoms with van der Waals surface area (Å²) in [6, 6.07) is 1.95. The second-order valence-electron chi connectivity index (χ2n) is 7.61. The molecule has 0 spiro atoms. The molecule has 0 atom stereocenters. The maximum Gasteiger partial charge on any atom is 0.334 e. The molecule has 27 heavy (non-hydrogen) atoms. The lowest BCUT2D eigenvalue weighted by Gasteiger charge is -2.33. The number of hydrogen-bond donors (Lipinski definition) is 2. The zero-order chi connectivity index (χ0) is 20.8. The maximum absolute atomic E-state index is 6.75. The van der Waals surface area contributed by atoms with Gasteiger partial charge in [-0.15, -0.1) is 0 Å². The van der Waals surface area contributed by atoms with Crippen LogP contribution in [0.1, 0.15) is 59.8 Å². The van der Waals surface area contributed by atoms with Crippen molar-refractivity contribution in [2.45, 2.75) is 90.5 Å². The summed E-state index contributed by atoms with van der Waals surface area (Å²) in [4.78, 5) is 0. The molecule has 0 rings (SSSR count). The first-order valence-corrected chi connectivity index (χ1v) is 15.8. The van der Waals surface area contributed by atoms with Crippen LogP contribution in [0.2, 0.25) is 25.2 Å². The van der Waals surface area contributed by atoms with Crippen molar-refractivity contribution in [2.24, 2.45) is 11.5 Å². The predicted molar refractivity (Wildman–Crippen MR) is 118 cm³/mol. The van der Waals surface area contributed by atoms with E-state index < -0.39 is 17.1 Å². The molecule has 4 N–H and O–H groups in total. The van der Waals surface area contributed by atoms with E-state index in [0.717, 1.165) is 44.2 Å². The monoisotopic (exact) mass is 422 g/mol. The van der Waals surface area contributed by atoms with Crippen LogP contribution in [0.25, 0.3) is 0 Å². The molecule has 0 aromatic carbocycles. The molecule has 0 radical (unpaired) electrons. The van der Waals surface area contributed by atoms with Gasteiger partial charge in [-0.2, -0.15) is 0 Å². The highest BCUT2D eigenvalue weighted by molar-refractivity contribution is 6.66. The van der Waals surface area contributed by atoms with Crippen molar-refractivity contribution in [2.75, 3.05) is 33.0 Å². The molecule has 0 aromatic heterocycles. The van der Waals surface area contributed by atoms with Crippen LogP contribution >= 0.6 is 0 Å². The smallest absolute Gasteiger partial charge is 0.334 e. The molecule has 0 aliphatic heterocycles. The fraction of sp³-hybridized carbons (Fsp3) is 1.00. The van der Waals surface area contributed by atoms with E-state index in [1.54, 1.807) is 0 Å². The Balaban J connectivity index is 4.64. The molecule has 0 aliphatic carbocycles. The van der Waals surface area contributed by atoms with Gasteiger partial charge in [-0.3, -0.25) is 0 Å². The molecule has 0 saturated carbocycles. The topological polar surface area (TPSA) is 89.0 Å². The molecule has 0 aliphatic rings. The van der Waals surface area contributed by atoms with E-state index in [9.17, 15) is 0 Å². The first-order chi connectivity index (χ1) is 12.7. The average Bonchev–Trinajstić information content (AvgIpc) is 2.55. The number of nitrogens with two attached hydrogens (primary N) is 2. The van der Waals surface area contributed by atoms with Crippen LogP contribution in [0.15, 0.2) is 0 Å². The quantitative estimate of drug-likeness (QED) is 0.326. The molecule has 0 saturated heterocycles. The average molecular weight is 423 g/mol. The largest absolute Gasteiger partial charge is 0.395 e. The summed E-state index contributed by atoms with van der Waals surface area (Å²) in [5.74, 6) is 0. The number of rotatable bonds is 18. The minimum Gasteiger partial charge on any atom is -0.395 e. The first-order valence-electron chi connectivity index (χ1n) is 10.8. The van der Waals surface area contributed by atoms with Gasteiger partial charge < -0.3 is 29.2 Å². The minimum absolute atomic E-state index is 0.226. The molecule has 0 aromatic rings. The molecule has 0 fully saturated rings. The lowest BCUT2D eigenvalue weighted by atomic mass is 9.86. The molecule has 0 amide bonds. The second kappa shape index (κ2) is 14.2. The Morgan fingerprint density at radius 3 is 1.26 bits per heavy atom. The van der Waals surface area contributed by atoms with Crippen molar-refractivity contribution < 1.29 is 17.7 Å². The van der Waals surface area contributed by atoms with Gasteiger partial charge in [-0.05, 0) is 91.5 Å². The maximum atomic E-state index is 6.75. The van der Waals surface area contributed by atoms with Crippen molar-refractivity contribution in [3.05, 3.63) is 0 Å². The van der Waals surface area contributed by atoms with Crippen LogP contribution in [0, 0.1) is 0 Å². The molecular weight excluding hydrogens is 376 g/mol. The highest BCUT2D eigenvalue weighted by Gasteiger charge is 2.34. The Kier molecular flexibility index (Phi) is 14.3. The van der Waals surface area contributed by atoms with Crippen LogP contribution in [-0.2, 0) is 17.7 Å². The lowest BCUT2D eigenvalue weighted by molar-refractivity contribution is 0.185. The summed E-state index contributed by atoms with van der Waals surface area (Å²) in [6.07, 6.45) is 4.79. The van der Waals surface area contributed by atoms with Crippen LogP contribution in [0.4, 0.5) is 0 Å². The van der Waals surface area contributed by atoms with E-state index >= 15 is 0 Å². The summed E-state index contributed by atoms with van der Waals surface area (Å²) in [5, 5.41) is 0. The van der Waals surface area contributed by atoms with E-state index in [1.807, 2.05) is 27.7 Å². The summed E-state index contributed by atoms with van der Waals surface area (Å²) in [7, 11) is -4.15. The highest BCUT2D eigenvalue weighted by atomic mass is 28.4. The standard InChI is InChI=1S/C19H46N2O4Si2/c1-7-22-26(5,23-8-2)17-11-13-19(21,15-16-20)14-12-18-27(6,24-9-3)25-10-4/h7-18,20-21H2,1-6H3. The third-order valence-corrected chi connectivity index (χ3v) is 11.2.